The highest BCUT2D eigenvalue weighted by Crippen LogP contribution is 2.29. The molecule has 0 aromatic rings. The van der Waals surface area contributed by atoms with Crippen LogP contribution in [0.15, 0.2) is 0 Å². The molecule has 16 heavy (non-hydrogen) atoms. The first-order chi connectivity index (χ1) is 7.76. The van der Waals surface area contributed by atoms with E-state index in [2.05, 4.69) is 13.8 Å². The van der Waals surface area contributed by atoms with E-state index >= 15 is 0 Å². The zero-order valence-electron chi connectivity index (χ0n) is 11.3. The summed E-state index contributed by atoms with van der Waals surface area (Å²) in [6.45, 7) is 4.63. The Morgan fingerprint density at radius 3 is 2.31 bits per heavy atom. The molecule has 1 nitrogen and oxygen atoms in total. The van der Waals surface area contributed by atoms with E-state index in [0.717, 1.165) is 24.7 Å². The highest BCUT2D eigenvalue weighted by atomic mass is 16.3. The van der Waals surface area contributed by atoms with Gasteiger partial charge in [0, 0.05) is 0 Å². The van der Waals surface area contributed by atoms with E-state index in [1.54, 1.807) is 0 Å². The van der Waals surface area contributed by atoms with Crippen molar-refractivity contribution in [1.29, 1.82) is 0 Å². The minimum Gasteiger partial charge on any atom is -0.393 e. The first-order valence-corrected chi connectivity index (χ1v) is 7.44. The second-order valence-corrected chi connectivity index (χ2v) is 5.67. The fourth-order valence-corrected chi connectivity index (χ4v) is 3.09. The fourth-order valence-electron chi connectivity index (χ4n) is 3.09. The Hall–Kier alpha value is -0.0400. The molecule has 1 heteroatoms. The molecule has 1 saturated carbocycles. The Bertz CT molecular complexity index is 159. The van der Waals surface area contributed by atoms with Gasteiger partial charge in [-0.2, -0.15) is 0 Å². The summed E-state index contributed by atoms with van der Waals surface area (Å²) in [6.07, 6.45) is 13.0. The minimum atomic E-state index is 0.0136. The number of aliphatic hydroxyl groups is 1. The van der Waals surface area contributed by atoms with Crippen LogP contribution < -0.4 is 0 Å². The van der Waals surface area contributed by atoms with Crippen molar-refractivity contribution in [3.05, 3.63) is 0 Å². The van der Waals surface area contributed by atoms with Gasteiger partial charge in [0.15, 0.2) is 0 Å². The number of aliphatic hydroxyl groups excluding tert-OH is 1. The summed E-state index contributed by atoms with van der Waals surface area (Å²) in [5, 5.41) is 9.45. The van der Waals surface area contributed by atoms with Crippen LogP contribution in [-0.2, 0) is 0 Å². The highest BCUT2D eigenvalue weighted by molar-refractivity contribution is 4.72. The standard InChI is InChI=1S/C15H30O/c1-3-6-13(4-2)7-5-8-14-9-11-15(16)12-10-14/h13-16H,3-12H2,1-2H3. The Balaban J connectivity index is 2.05. The zero-order chi connectivity index (χ0) is 11.8. The third-order valence-corrected chi connectivity index (χ3v) is 4.32. The van der Waals surface area contributed by atoms with Crippen molar-refractivity contribution in [2.24, 2.45) is 11.8 Å². The van der Waals surface area contributed by atoms with Crippen molar-refractivity contribution in [3.63, 3.8) is 0 Å². The maximum atomic E-state index is 9.45. The van der Waals surface area contributed by atoms with Crippen LogP contribution in [0.1, 0.15) is 78.1 Å². The largest absolute Gasteiger partial charge is 0.393 e. The molecule has 0 spiro atoms. The molecular weight excluding hydrogens is 196 g/mol. The molecular formula is C15H30O. The lowest BCUT2D eigenvalue weighted by atomic mass is 9.83. The monoisotopic (exact) mass is 226 g/mol. The SMILES string of the molecule is CCCC(CC)CCCC1CCC(O)CC1. The van der Waals surface area contributed by atoms with E-state index < -0.39 is 0 Å². The van der Waals surface area contributed by atoms with E-state index in [0.29, 0.717) is 0 Å². The second kappa shape index (κ2) is 8.11. The van der Waals surface area contributed by atoms with Gasteiger partial charge in [0.1, 0.15) is 0 Å². The molecule has 1 unspecified atom stereocenters. The molecule has 0 saturated heterocycles. The second-order valence-electron chi connectivity index (χ2n) is 5.67. The topological polar surface area (TPSA) is 20.2 Å². The quantitative estimate of drug-likeness (QED) is 0.676. The lowest BCUT2D eigenvalue weighted by molar-refractivity contribution is 0.105. The van der Waals surface area contributed by atoms with E-state index in [9.17, 15) is 5.11 Å². The number of hydrogen-bond donors (Lipinski definition) is 1. The summed E-state index contributed by atoms with van der Waals surface area (Å²) in [7, 11) is 0. The number of rotatable bonds is 7. The van der Waals surface area contributed by atoms with E-state index in [1.165, 1.54) is 51.4 Å². The Morgan fingerprint density at radius 2 is 1.75 bits per heavy atom. The van der Waals surface area contributed by atoms with Gasteiger partial charge in [-0.1, -0.05) is 52.4 Å². The third kappa shape index (κ3) is 5.34. The molecule has 0 aromatic carbocycles. The van der Waals surface area contributed by atoms with Crippen LogP contribution in [0, 0.1) is 11.8 Å². The predicted octanol–water partition coefficient (Wildman–Crippen LogP) is 4.53. The molecule has 0 heterocycles. The molecule has 1 aliphatic carbocycles. The predicted molar refractivity (Wildman–Crippen MR) is 70.5 cm³/mol. The van der Waals surface area contributed by atoms with Crippen LogP contribution >= 0.6 is 0 Å². The van der Waals surface area contributed by atoms with Crippen molar-refractivity contribution in [3.8, 4) is 0 Å². The average Bonchev–Trinajstić information content (AvgIpc) is 2.30. The summed E-state index contributed by atoms with van der Waals surface area (Å²) in [5.41, 5.74) is 0. The lowest BCUT2D eigenvalue weighted by Gasteiger charge is -2.25. The van der Waals surface area contributed by atoms with Gasteiger partial charge in [-0.3, -0.25) is 0 Å². The van der Waals surface area contributed by atoms with Crippen LogP contribution in [0.25, 0.3) is 0 Å². The van der Waals surface area contributed by atoms with Crippen molar-refractivity contribution in [1.82, 2.24) is 0 Å². The molecule has 0 radical (unpaired) electrons. The van der Waals surface area contributed by atoms with Crippen molar-refractivity contribution < 1.29 is 5.11 Å². The maximum absolute atomic E-state index is 9.45. The van der Waals surface area contributed by atoms with E-state index in [1.807, 2.05) is 0 Å². The molecule has 1 fully saturated rings. The van der Waals surface area contributed by atoms with Gasteiger partial charge in [-0.25, -0.2) is 0 Å². The number of hydrogen-bond acceptors (Lipinski definition) is 1. The summed E-state index contributed by atoms with van der Waals surface area (Å²) >= 11 is 0. The summed E-state index contributed by atoms with van der Waals surface area (Å²) in [6, 6.07) is 0. The average molecular weight is 226 g/mol. The summed E-state index contributed by atoms with van der Waals surface area (Å²) < 4.78 is 0. The maximum Gasteiger partial charge on any atom is 0.0540 e. The third-order valence-electron chi connectivity index (χ3n) is 4.32. The van der Waals surface area contributed by atoms with Gasteiger partial charge >= 0.3 is 0 Å². The summed E-state index contributed by atoms with van der Waals surface area (Å²) in [4.78, 5) is 0. The van der Waals surface area contributed by atoms with E-state index in [4.69, 9.17) is 0 Å². The Labute approximate surface area is 102 Å². The molecule has 0 bridgehead atoms. The molecule has 1 N–H and O–H groups in total. The van der Waals surface area contributed by atoms with Crippen LogP contribution in [0.5, 0.6) is 0 Å². The molecule has 96 valence electrons. The van der Waals surface area contributed by atoms with E-state index in [-0.39, 0.29) is 6.10 Å². The lowest BCUT2D eigenvalue weighted by Crippen LogP contribution is -2.18. The molecule has 0 amide bonds. The van der Waals surface area contributed by atoms with Crippen LogP contribution in [0.4, 0.5) is 0 Å². The Morgan fingerprint density at radius 1 is 1.06 bits per heavy atom. The van der Waals surface area contributed by atoms with Crippen molar-refractivity contribution in [2.45, 2.75) is 84.2 Å². The molecule has 1 aliphatic rings. The first kappa shape index (κ1) is 14.0. The Kier molecular flexibility index (Phi) is 7.11. The normalized spacial score (nSPS) is 27.9. The van der Waals surface area contributed by atoms with Gasteiger partial charge in [0.25, 0.3) is 0 Å². The van der Waals surface area contributed by atoms with Crippen LogP contribution in [0.3, 0.4) is 0 Å². The fraction of sp³-hybridized carbons (Fsp3) is 1.00. The van der Waals surface area contributed by atoms with Gasteiger partial charge < -0.3 is 5.11 Å². The minimum absolute atomic E-state index is 0.0136. The molecule has 1 atom stereocenters. The van der Waals surface area contributed by atoms with Gasteiger partial charge in [-0.15, -0.1) is 0 Å². The summed E-state index contributed by atoms with van der Waals surface area (Å²) in [5.74, 6) is 1.89. The smallest absolute Gasteiger partial charge is 0.0540 e. The van der Waals surface area contributed by atoms with Gasteiger partial charge in [0.05, 0.1) is 6.10 Å². The van der Waals surface area contributed by atoms with Gasteiger partial charge in [0.2, 0.25) is 0 Å². The molecule has 1 rings (SSSR count). The van der Waals surface area contributed by atoms with Crippen molar-refractivity contribution >= 4 is 0 Å². The van der Waals surface area contributed by atoms with Gasteiger partial charge in [-0.05, 0) is 37.5 Å². The zero-order valence-corrected chi connectivity index (χ0v) is 11.3. The van der Waals surface area contributed by atoms with Crippen LogP contribution in [0.2, 0.25) is 0 Å². The molecule has 0 aliphatic heterocycles. The van der Waals surface area contributed by atoms with Crippen molar-refractivity contribution in [2.75, 3.05) is 0 Å². The first-order valence-electron chi connectivity index (χ1n) is 7.44. The van der Waals surface area contributed by atoms with Crippen LogP contribution in [-0.4, -0.2) is 11.2 Å². The highest BCUT2D eigenvalue weighted by Gasteiger charge is 2.19. The molecule has 0 aromatic heterocycles.